The molecule has 0 aliphatic carbocycles. The number of benzene rings is 2. The number of aromatic nitrogens is 2. The Balaban J connectivity index is 1.41. The van der Waals surface area contributed by atoms with Gasteiger partial charge in [-0.05, 0) is 81.0 Å². The zero-order valence-corrected chi connectivity index (χ0v) is 18.9. The van der Waals surface area contributed by atoms with Gasteiger partial charge in [0.15, 0.2) is 0 Å². The number of aliphatic hydroxyl groups excluding tert-OH is 1. The number of para-hydroxylation sites is 1. The minimum absolute atomic E-state index is 0.0665. The number of aliphatic hydroxyl groups is 2. The molecule has 0 atom stereocenters. The van der Waals surface area contributed by atoms with Gasteiger partial charge < -0.3 is 20.5 Å². The Morgan fingerprint density at radius 1 is 1.00 bits per heavy atom. The van der Waals surface area contributed by atoms with Crippen LogP contribution in [-0.4, -0.2) is 20.2 Å². The van der Waals surface area contributed by atoms with E-state index in [1.54, 1.807) is 6.20 Å². The highest BCUT2D eigenvalue weighted by atomic mass is 16.3. The van der Waals surface area contributed by atoms with Gasteiger partial charge in [0.1, 0.15) is 0 Å². The minimum Gasteiger partial charge on any atom is -0.390 e. The maximum atomic E-state index is 10.5. The number of hydrogen-bond acceptors (Lipinski definition) is 4. The van der Waals surface area contributed by atoms with E-state index in [-0.39, 0.29) is 6.61 Å². The van der Waals surface area contributed by atoms with Crippen molar-refractivity contribution >= 4 is 22.3 Å². The minimum atomic E-state index is -0.871. The number of rotatable bonds is 8. The second-order valence-electron chi connectivity index (χ2n) is 8.91. The molecule has 32 heavy (non-hydrogen) atoms. The van der Waals surface area contributed by atoms with E-state index in [9.17, 15) is 10.2 Å². The lowest BCUT2D eigenvalue weighted by Crippen LogP contribution is -2.15. The molecule has 2 aromatic heterocycles. The molecule has 4 rings (SSSR count). The molecule has 166 valence electrons. The fourth-order valence-corrected chi connectivity index (χ4v) is 4.26. The van der Waals surface area contributed by atoms with Crippen LogP contribution in [0.5, 0.6) is 0 Å². The summed E-state index contributed by atoms with van der Waals surface area (Å²) in [6.45, 7) is 5.73. The molecule has 4 N–H and O–H groups in total. The fourth-order valence-electron chi connectivity index (χ4n) is 4.26. The molecule has 4 aromatic rings. The number of hydrogen-bond donors (Lipinski definition) is 4. The monoisotopic (exact) mass is 429 g/mol. The van der Waals surface area contributed by atoms with E-state index in [0.717, 1.165) is 41.7 Å². The summed E-state index contributed by atoms with van der Waals surface area (Å²) < 4.78 is 0. The Kier molecular flexibility index (Phi) is 6.31. The first-order valence-electron chi connectivity index (χ1n) is 11.1. The standard InChI is InChI=1S/C27H31N3O2/c1-18-14-21(30-22-12-13-28-23(15-22)17-31)11-10-19(18)6-4-7-20-16-29-26-24(20)8-5-9-25(26)27(2,3)32/h5,8-16,29,31-32H,4,6-7,17H2,1-3H3,(H,28,30). The third kappa shape index (κ3) is 4.85. The Hall–Kier alpha value is -3.15. The van der Waals surface area contributed by atoms with Crippen molar-refractivity contribution in [2.45, 2.75) is 52.2 Å². The molecule has 0 saturated heterocycles. The average molecular weight is 430 g/mol. The smallest absolute Gasteiger partial charge is 0.0860 e. The number of pyridine rings is 1. The lowest BCUT2D eigenvalue weighted by molar-refractivity contribution is 0.0800. The van der Waals surface area contributed by atoms with Crippen molar-refractivity contribution in [2.24, 2.45) is 0 Å². The van der Waals surface area contributed by atoms with Crippen LogP contribution in [-0.2, 0) is 25.0 Å². The van der Waals surface area contributed by atoms with Gasteiger partial charge in [0.2, 0.25) is 0 Å². The normalized spacial score (nSPS) is 11.8. The molecule has 0 amide bonds. The maximum absolute atomic E-state index is 10.5. The number of aryl methyl sites for hydroxylation is 3. The zero-order chi connectivity index (χ0) is 22.7. The van der Waals surface area contributed by atoms with Crippen molar-refractivity contribution in [1.29, 1.82) is 0 Å². The van der Waals surface area contributed by atoms with Crippen molar-refractivity contribution in [1.82, 2.24) is 9.97 Å². The summed E-state index contributed by atoms with van der Waals surface area (Å²) in [4.78, 5) is 7.49. The van der Waals surface area contributed by atoms with Crippen molar-refractivity contribution in [3.8, 4) is 0 Å². The first kappa shape index (κ1) is 22.1. The highest BCUT2D eigenvalue weighted by molar-refractivity contribution is 5.86. The van der Waals surface area contributed by atoms with Crippen molar-refractivity contribution < 1.29 is 10.2 Å². The molecule has 0 radical (unpaired) electrons. The second kappa shape index (κ2) is 9.15. The highest BCUT2D eigenvalue weighted by Crippen LogP contribution is 2.30. The van der Waals surface area contributed by atoms with Gasteiger partial charge in [0.25, 0.3) is 0 Å². The number of H-pyrrole nitrogens is 1. The molecule has 5 heteroatoms. The van der Waals surface area contributed by atoms with E-state index in [1.807, 2.05) is 38.1 Å². The van der Waals surface area contributed by atoms with Crippen LogP contribution in [0.4, 0.5) is 11.4 Å². The summed E-state index contributed by atoms with van der Waals surface area (Å²) in [6.07, 6.45) is 6.82. The first-order chi connectivity index (χ1) is 15.3. The SMILES string of the molecule is Cc1cc(Nc2ccnc(CO)c2)ccc1CCCc1c[nH]c2c(C(C)(C)O)cccc12. The average Bonchev–Trinajstić information content (AvgIpc) is 3.18. The van der Waals surface area contributed by atoms with E-state index in [0.29, 0.717) is 5.69 Å². The van der Waals surface area contributed by atoms with Crippen molar-refractivity contribution in [3.05, 3.63) is 88.9 Å². The van der Waals surface area contributed by atoms with Crippen LogP contribution in [0.2, 0.25) is 0 Å². The molecule has 2 aromatic carbocycles. The summed E-state index contributed by atoms with van der Waals surface area (Å²) in [5.74, 6) is 0. The van der Waals surface area contributed by atoms with Crippen LogP contribution in [0, 0.1) is 6.92 Å². The third-order valence-electron chi connectivity index (χ3n) is 5.96. The molecular weight excluding hydrogens is 398 g/mol. The van der Waals surface area contributed by atoms with E-state index in [2.05, 4.69) is 52.7 Å². The Bertz CT molecular complexity index is 1220. The highest BCUT2D eigenvalue weighted by Gasteiger charge is 2.20. The Morgan fingerprint density at radius 2 is 1.78 bits per heavy atom. The fraction of sp³-hybridized carbons (Fsp3) is 0.296. The quantitative estimate of drug-likeness (QED) is 0.298. The molecule has 5 nitrogen and oxygen atoms in total. The third-order valence-corrected chi connectivity index (χ3v) is 5.96. The molecule has 0 saturated carbocycles. The topological polar surface area (TPSA) is 81.2 Å². The van der Waals surface area contributed by atoms with Crippen LogP contribution in [0.1, 0.15) is 48.2 Å². The Morgan fingerprint density at radius 3 is 2.53 bits per heavy atom. The molecule has 2 heterocycles. The maximum Gasteiger partial charge on any atom is 0.0860 e. The zero-order valence-electron chi connectivity index (χ0n) is 18.9. The molecule has 0 aliphatic heterocycles. The molecule has 0 fully saturated rings. The lowest BCUT2D eigenvalue weighted by atomic mass is 9.94. The summed E-state index contributed by atoms with van der Waals surface area (Å²) >= 11 is 0. The molecule has 0 unspecified atom stereocenters. The van der Waals surface area contributed by atoms with Crippen molar-refractivity contribution in [2.75, 3.05) is 5.32 Å². The van der Waals surface area contributed by atoms with Crippen LogP contribution < -0.4 is 5.32 Å². The molecule has 0 bridgehead atoms. The van der Waals surface area contributed by atoms with E-state index >= 15 is 0 Å². The molecule has 0 aliphatic rings. The van der Waals surface area contributed by atoms with Crippen LogP contribution in [0.3, 0.4) is 0 Å². The summed E-state index contributed by atoms with van der Waals surface area (Å²) in [6, 6.07) is 16.3. The van der Waals surface area contributed by atoms with Crippen LogP contribution >= 0.6 is 0 Å². The van der Waals surface area contributed by atoms with Gasteiger partial charge in [-0.2, -0.15) is 0 Å². The Labute approximate surface area is 189 Å². The van der Waals surface area contributed by atoms with Crippen molar-refractivity contribution in [3.63, 3.8) is 0 Å². The number of aromatic amines is 1. The summed E-state index contributed by atoms with van der Waals surface area (Å²) in [5, 5.41) is 24.3. The van der Waals surface area contributed by atoms with Crippen LogP contribution in [0.25, 0.3) is 10.9 Å². The van der Waals surface area contributed by atoms with Gasteiger partial charge in [0.05, 0.1) is 23.4 Å². The largest absolute Gasteiger partial charge is 0.390 e. The van der Waals surface area contributed by atoms with E-state index < -0.39 is 5.60 Å². The lowest BCUT2D eigenvalue weighted by Gasteiger charge is -2.18. The molecule has 0 spiro atoms. The number of nitrogens with zero attached hydrogens (tertiary/aromatic N) is 1. The number of fused-ring (bicyclic) bond motifs is 1. The van der Waals surface area contributed by atoms with E-state index in [4.69, 9.17) is 0 Å². The summed E-state index contributed by atoms with van der Waals surface area (Å²) in [7, 11) is 0. The predicted octanol–water partition coefficient (Wildman–Crippen LogP) is 5.51. The second-order valence-corrected chi connectivity index (χ2v) is 8.91. The number of anilines is 2. The van der Waals surface area contributed by atoms with Gasteiger partial charge in [-0.25, -0.2) is 0 Å². The van der Waals surface area contributed by atoms with E-state index in [1.165, 1.54) is 22.1 Å². The molecular formula is C27H31N3O2. The van der Waals surface area contributed by atoms with Crippen LogP contribution in [0.15, 0.2) is 60.9 Å². The number of nitrogens with one attached hydrogen (secondary N) is 2. The van der Waals surface area contributed by atoms with Gasteiger partial charge in [-0.3, -0.25) is 4.98 Å². The van der Waals surface area contributed by atoms with Gasteiger partial charge in [-0.15, -0.1) is 0 Å². The van der Waals surface area contributed by atoms with Gasteiger partial charge in [0, 0.05) is 34.7 Å². The van der Waals surface area contributed by atoms with Gasteiger partial charge in [-0.1, -0.05) is 24.3 Å². The predicted molar refractivity (Wildman–Crippen MR) is 130 cm³/mol. The first-order valence-corrected chi connectivity index (χ1v) is 11.1. The van der Waals surface area contributed by atoms with Gasteiger partial charge >= 0.3 is 0 Å². The summed E-state index contributed by atoms with van der Waals surface area (Å²) in [5.41, 5.74) is 7.58.